The first-order valence-electron chi connectivity index (χ1n) is 5.05. The van der Waals surface area contributed by atoms with Crippen molar-refractivity contribution < 1.29 is 5.11 Å². The van der Waals surface area contributed by atoms with Gasteiger partial charge in [0.1, 0.15) is 0 Å². The highest BCUT2D eigenvalue weighted by molar-refractivity contribution is 4.72. The van der Waals surface area contributed by atoms with Crippen molar-refractivity contribution in [3.05, 3.63) is 0 Å². The van der Waals surface area contributed by atoms with Crippen LogP contribution in [-0.2, 0) is 0 Å². The highest BCUT2D eigenvalue weighted by atomic mass is 16.3. The molecule has 1 aliphatic heterocycles. The zero-order valence-electron chi connectivity index (χ0n) is 8.45. The smallest absolute Gasteiger partial charge is 0.0639 e. The molecule has 4 heteroatoms. The van der Waals surface area contributed by atoms with E-state index in [2.05, 4.69) is 9.80 Å². The molecule has 0 aromatic rings. The Labute approximate surface area is 80.3 Å². The minimum Gasteiger partial charge on any atom is -0.392 e. The molecule has 1 fully saturated rings. The lowest BCUT2D eigenvalue weighted by Crippen LogP contribution is -2.49. The fraction of sp³-hybridized carbons (Fsp3) is 1.00. The van der Waals surface area contributed by atoms with Crippen LogP contribution in [0.25, 0.3) is 0 Å². The van der Waals surface area contributed by atoms with Crippen LogP contribution in [0.3, 0.4) is 0 Å². The summed E-state index contributed by atoms with van der Waals surface area (Å²) in [7, 11) is 0. The van der Waals surface area contributed by atoms with Crippen LogP contribution in [0.4, 0.5) is 0 Å². The summed E-state index contributed by atoms with van der Waals surface area (Å²) >= 11 is 0. The molecule has 1 heterocycles. The van der Waals surface area contributed by atoms with Crippen LogP contribution < -0.4 is 5.73 Å². The largest absolute Gasteiger partial charge is 0.392 e. The monoisotopic (exact) mass is 187 g/mol. The van der Waals surface area contributed by atoms with Crippen molar-refractivity contribution >= 4 is 0 Å². The first-order valence-corrected chi connectivity index (χ1v) is 5.05. The Kier molecular flexibility index (Phi) is 4.66. The van der Waals surface area contributed by atoms with Crippen molar-refractivity contribution in [1.82, 2.24) is 9.80 Å². The molecule has 0 bridgehead atoms. The Balaban J connectivity index is 2.15. The number of aliphatic hydroxyl groups excluding tert-OH is 1. The quantitative estimate of drug-likeness (QED) is 0.589. The summed E-state index contributed by atoms with van der Waals surface area (Å²) in [6.45, 7) is 8.69. The van der Waals surface area contributed by atoms with Crippen LogP contribution in [0.15, 0.2) is 0 Å². The van der Waals surface area contributed by atoms with E-state index in [1.807, 2.05) is 6.92 Å². The van der Waals surface area contributed by atoms with Gasteiger partial charge in [-0.3, -0.25) is 9.80 Å². The number of aliphatic hydroxyl groups is 1. The molecule has 1 atom stereocenters. The predicted molar refractivity (Wildman–Crippen MR) is 53.6 cm³/mol. The molecule has 0 radical (unpaired) electrons. The number of hydrogen-bond acceptors (Lipinski definition) is 4. The molecule has 0 aromatic heterocycles. The number of nitrogens with zero attached hydrogens (tertiary/aromatic N) is 2. The van der Waals surface area contributed by atoms with Crippen LogP contribution in [0, 0.1) is 0 Å². The molecular formula is C9H21N3O. The van der Waals surface area contributed by atoms with Gasteiger partial charge < -0.3 is 10.8 Å². The molecule has 0 amide bonds. The maximum atomic E-state index is 9.20. The van der Waals surface area contributed by atoms with Crippen LogP contribution in [0.1, 0.15) is 6.92 Å². The van der Waals surface area contributed by atoms with E-state index < -0.39 is 0 Å². The van der Waals surface area contributed by atoms with Gasteiger partial charge in [0.25, 0.3) is 0 Å². The van der Waals surface area contributed by atoms with E-state index in [9.17, 15) is 5.11 Å². The van der Waals surface area contributed by atoms with E-state index >= 15 is 0 Å². The number of piperazine rings is 1. The Bertz CT molecular complexity index is 133. The number of β-amino-alcohol motifs (C(OH)–C–C–N with tert-alkyl or cyclic N) is 1. The third kappa shape index (κ3) is 4.04. The van der Waals surface area contributed by atoms with Crippen molar-refractivity contribution in [3.8, 4) is 0 Å². The fourth-order valence-electron chi connectivity index (χ4n) is 1.75. The van der Waals surface area contributed by atoms with Gasteiger partial charge in [0.15, 0.2) is 0 Å². The van der Waals surface area contributed by atoms with Crippen molar-refractivity contribution in [2.24, 2.45) is 5.73 Å². The lowest BCUT2D eigenvalue weighted by atomic mass is 10.3. The van der Waals surface area contributed by atoms with Crippen molar-refractivity contribution in [2.45, 2.75) is 13.0 Å². The van der Waals surface area contributed by atoms with Crippen LogP contribution >= 0.6 is 0 Å². The van der Waals surface area contributed by atoms with Gasteiger partial charge in [-0.15, -0.1) is 0 Å². The third-order valence-electron chi connectivity index (χ3n) is 2.43. The predicted octanol–water partition coefficient (Wildman–Crippen LogP) is -1.06. The molecule has 1 aliphatic rings. The zero-order chi connectivity index (χ0) is 9.68. The number of nitrogens with two attached hydrogens (primary N) is 1. The van der Waals surface area contributed by atoms with E-state index in [-0.39, 0.29) is 6.10 Å². The van der Waals surface area contributed by atoms with Crippen molar-refractivity contribution in [2.75, 3.05) is 45.8 Å². The van der Waals surface area contributed by atoms with Crippen LogP contribution in [0.2, 0.25) is 0 Å². The van der Waals surface area contributed by atoms with Gasteiger partial charge in [-0.25, -0.2) is 0 Å². The van der Waals surface area contributed by atoms with Crippen LogP contribution in [-0.4, -0.2) is 66.8 Å². The average molecular weight is 187 g/mol. The van der Waals surface area contributed by atoms with E-state index in [1.54, 1.807) is 0 Å². The van der Waals surface area contributed by atoms with Gasteiger partial charge in [-0.2, -0.15) is 0 Å². The average Bonchev–Trinajstić information content (AvgIpc) is 2.08. The Morgan fingerprint density at radius 2 is 1.77 bits per heavy atom. The molecule has 0 aromatic carbocycles. The molecule has 4 nitrogen and oxygen atoms in total. The Hall–Kier alpha value is -0.160. The second kappa shape index (κ2) is 5.54. The maximum absolute atomic E-state index is 9.20. The SMILES string of the molecule is C[C@H](O)CN1CCN(CCN)CC1. The number of hydrogen-bond donors (Lipinski definition) is 2. The molecule has 78 valence electrons. The second-order valence-electron chi connectivity index (χ2n) is 3.78. The summed E-state index contributed by atoms with van der Waals surface area (Å²) in [6, 6.07) is 0. The van der Waals surface area contributed by atoms with E-state index in [4.69, 9.17) is 5.73 Å². The lowest BCUT2D eigenvalue weighted by molar-refractivity contribution is 0.0820. The van der Waals surface area contributed by atoms with Gasteiger partial charge in [0, 0.05) is 45.8 Å². The van der Waals surface area contributed by atoms with E-state index in [1.165, 1.54) is 0 Å². The van der Waals surface area contributed by atoms with Gasteiger partial charge in [0.2, 0.25) is 0 Å². The standard InChI is InChI=1S/C9H21N3O/c1-9(13)8-12-6-4-11(3-2-10)5-7-12/h9,13H,2-8,10H2,1H3/t9-/m0/s1. The Morgan fingerprint density at radius 3 is 2.23 bits per heavy atom. The molecule has 1 rings (SSSR count). The Morgan fingerprint density at radius 1 is 1.23 bits per heavy atom. The lowest BCUT2D eigenvalue weighted by Gasteiger charge is -2.34. The zero-order valence-corrected chi connectivity index (χ0v) is 8.45. The van der Waals surface area contributed by atoms with E-state index in [0.717, 1.165) is 45.8 Å². The summed E-state index contributed by atoms with van der Waals surface area (Å²) in [5.74, 6) is 0. The molecule has 0 aliphatic carbocycles. The van der Waals surface area contributed by atoms with Crippen molar-refractivity contribution in [1.29, 1.82) is 0 Å². The van der Waals surface area contributed by atoms with Gasteiger partial charge in [-0.05, 0) is 6.92 Å². The topological polar surface area (TPSA) is 52.7 Å². The van der Waals surface area contributed by atoms with Crippen LogP contribution in [0.5, 0.6) is 0 Å². The summed E-state index contributed by atoms with van der Waals surface area (Å²) in [5, 5.41) is 9.20. The van der Waals surface area contributed by atoms with Gasteiger partial charge in [-0.1, -0.05) is 0 Å². The summed E-state index contributed by atoms with van der Waals surface area (Å²) in [6.07, 6.45) is -0.207. The van der Waals surface area contributed by atoms with Gasteiger partial charge in [0.05, 0.1) is 6.10 Å². The molecule has 1 saturated heterocycles. The molecule has 0 unspecified atom stereocenters. The first-order chi connectivity index (χ1) is 6.22. The summed E-state index contributed by atoms with van der Waals surface area (Å²) in [5.41, 5.74) is 5.48. The first kappa shape index (κ1) is 10.9. The number of rotatable bonds is 4. The fourth-order valence-corrected chi connectivity index (χ4v) is 1.75. The van der Waals surface area contributed by atoms with Crippen molar-refractivity contribution in [3.63, 3.8) is 0 Å². The summed E-state index contributed by atoms with van der Waals surface area (Å²) in [4.78, 5) is 4.68. The summed E-state index contributed by atoms with van der Waals surface area (Å²) < 4.78 is 0. The highest BCUT2D eigenvalue weighted by Crippen LogP contribution is 2.01. The van der Waals surface area contributed by atoms with E-state index in [0.29, 0.717) is 0 Å². The molecule has 0 spiro atoms. The maximum Gasteiger partial charge on any atom is 0.0639 e. The van der Waals surface area contributed by atoms with Gasteiger partial charge >= 0.3 is 0 Å². The molecule has 13 heavy (non-hydrogen) atoms. The molecule has 0 saturated carbocycles. The minimum absolute atomic E-state index is 0.207. The highest BCUT2D eigenvalue weighted by Gasteiger charge is 2.16. The normalized spacial score (nSPS) is 23.3. The third-order valence-corrected chi connectivity index (χ3v) is 2.43. The molecular weight excluding hydrogens is 166 g/mol. The minimum atomic E-state index is -0.207. The molecule has 3 N–H and O–H groups in total. The second-order valence-corrected chi connectivity index (χ2v) is 3.78.